The van der Waals surface area contributed by atoms with Crippen LogP contribution in [0.2, 0.25) is 0 Å². The number of hydrogen-bond donors (Lipinski definition) is 2. The van der Waals surface area contributed by atoms with Crippen LogP contribution in [0.3, 0.4) is 0 Å². The number of likely N-dealkylation sites (N-methyl/N-ethyl adjacent to an activating group) is 2. The maximum Gasteiger partial charge on any atom is 0.325 e. The molecule has 2 aliphatic rings. The predicted octanol–water partition coefficient (Wildman–Crippen LogP) is 2.73. The van der Waals surface area contributed by atoms with E-state index in [1.54, 1.807) is 0 Å². The molecule has 0 amide bonds. The van der Waals surface area contributed by atoms with Crippen molar-refractivity contribution in [3.8, 4) is 0 Å². The highest BCUT2D eigenvalue weighted by atomic mass is 16.4. The third-order valence-electron chi connectivity index (χ3n) is 5.58. The first kappa shape index (κ1) is 16.8. The van der Waals surface area contributed by atoms with Crippen molar-refractivity contribution in [2.24, 2.45) is 11.3 Å². The first-order valence-electron chi connectivity index (χ1n) is 8.49. The van der Waals surface area contributed by atoms with E-state index in [2.05, 4.69) is 31.1 Å². The van der Waals surface area contributed by atoms with Crippen molar-refractivity contribution in [1.82, 2.24) is 10.2 Å². The van der Waals surface area contributed by atoms with Gasteiger partial charge in [-0.15, -0.1) is 0 Å². The molecule has 0 spiro atoms. The monoisotopic (exact) mass is 296 g/mol. The zero-order valence-corrected chi connectivity index (χ0v) is 14.1. The summed E-state index contributed by atoms with van der Waals surface area (Å²) in [6.07, 6.45) is 6.96. The molecule has 1 atom stereocenters. The van der Waals surface area contributed by atoms with E-state index in [1.807, 2.05) is 6.92 Å². The normalized spacial score (nSPS) is 25.8. The lowest BCUT2D eigenvalue weighted by Crippen LogP contribution is -2.61. The van der Waals surface area contributed by atoms with Crippen LogP contribution in [0.4, 0.5) is 0 Å². The van der Waals surface area contributed by atoms with Gasteiger partial charge in [-0.3, -0.25) is 4.79 Å². The maximum absolute atomic E-state index is 11.9. The lowest BCUT2D eigenvalue weighted by Gasteiger charge is -2.42. The van der Waals surface area contributed by atoms with Crippen LogP contribution in [0.25, 0.3) is 0 Å². The summed E-state index contributed by atoms with van der Waals surface area (Å²) in [5.74, 6) is -0.368. The van der Waals surface area contributed by atoms with Crippen molar-refractivity contribution in [3.63, 3.8) is 0 Å². The van der Waals surface area contributed by atoms with Gasteiger partial charge in [-0.2, -0.15) is 0 Å². The highest BCUT2D eigenvalue weighted by molar-refractivity contribution is 5.80. The first-order chi connectivity index (χ1) is 9.81. The molecule has 1 unspecified atom stereocenters. The van der Waals surface area contributed by atoms with Crippen molar-refractivity contribution < 1.29 is 9.90 Å². The average molecular weight is 296 g/mol. The highest BCUT2D eigenvalue weighted by Gasteiger charge is 2.51. The molecular formula is C17H32N2O2. The minimum atomic E-state index is -0.740. The van der Waals surface area contributed by atoms with Gasteiger partial charge in [0.2, 0.25) is 0 Å². The Morgan fingerprint density at radius 3 is 2.29 bits per heavy atom. The first-order valence-corrected chi connectivity index (χ1v) is 8.49. The number of nitrogens with one attached hydrogen (secondary N) is 1. The van der Waals surface area contributed by atoms with E-state index < -0.39 is 11.5 Å². The van der Waals surface area contributed by atoms with Crippen LogP contribution in [0.1, 0.15) is 59.3 Å². The molecule has 21 heavy (non-hydrogen) atoms. The van der Waals surface area contributed by atoms with Crippen molar-refractivity contribution >= 4 is 5.97 Å². The van der Waals surface area contributed by atoms with Crippen molar-refractivity contribution in [2.45, 2.75) is 70.9 Å². The van der Waals surface area contributed by atoms with Crippen LogP contribution in [0, 0.1) is 11.3 Å². The van der Waals surface area contributed by atoms with Gasteiger partial charge in [-0.1, -0.05) is 20.8 Å². The topological polar surface area (TPSA) is 52.6 Å². The van der Waals surface area contributed by atoms with Crippen LogP contribution >= 0.6 is 0 Å². The second-order valence-electron chi connectivity index (χ2n) is 7.89. The molecule has 0 saturated heterocycles. The third-order valence-corrected chi connectivity index (χ3v) is 5.58. The number of carboxylic acids is 1. The SMILES string of the molecule is CCNC(CN(C)C1CCC(C)(C)CC1)(C(=O)O)C1CC1. The lowest BCUT2D eigenvalue weighted by atomic mass is 9.75. The molecule has 0 aliphatic heterocycles. The molecule has 4 nitrogen and oxygen atoms in total. The second-order valence-corrected chi connectivity index (χ2v) is 7.89. The minimum absolute atomic E-state index is 0.303. The van der Waals surface area contributed by atoms with Gasteiger partial charge in [0.05, 0.1) is 0 Å². The van der Waals surface area contributed by atoms with Crippen molar-refractivity contribution in [3.05, 3.63) is 0 Å². The Balaban J connectivity index is 2.01. The zero-order valence-electron chi connectivity index (χ0n) is 14.1. The van der Waals surface area contributed by atoms with E-state index >= 15 is 0 Å². The fourth-order valence-electron chi connectivity index (χ4n) is 3.89. The maximum atomic E-state index is 11.9. The second kappa shape index (κ2) is 6.25. The molecule has 4 heteroatoms. The molecule has 0 radical (unpaired) electrons. The van der Waals surface area contributed by atoms with E-state index in [0.717, 1.165) is 12.8 Å². The van der Waals surface area contributed by atoms with E-state index in [9.17, 15) is 9.90 Å². The molecule has 2 N–H and O–H groups in total. The highest BCUT2D eigenvalue weighted by Crippen LogP contribution is 2.42. The number of hydrogen-bond acceptors (Lipinski definition) is 3. The van der Waals surface area contributed by atoms with Crippen molar-refractivity contribution in [1.29, 1.82) is 0 Å². The van der Waals surface area contributed by atoms with Crippen LogP contribution in [-0.4, -0.2) is 47.7 Å². The molecule has 2 aliphatic carbocycles. The van der Waals surface area contributed by atoms with E-state index in [-0.39, 0.29) is 0 Å². The summed E-state index contributed by atoms with van der Waals surface area (Å²) in [5, 5.41) is 13.1. The molecule has 0 bridgehead atoms. The largest absolute Gasteiger partial charge is 0.480 e. The van der Waals surface area contributed by atoms with Crippen LogP contribution in [0.15, 0.2) is 0 Å². The van der Waals surface area contributed by atoms with Gasteiger partial charge in [-0.05, 0) is 63.5 Å². The summed E-state index contributed by atoms with van der Waals surface area (Å²) in [4.78, 5) is 14.2. The smallest absolute Gasteiger partial charge is 0.325 e. The van der Waals surface area contributed by atoms with Gasteiger partial charge >= 0.3 is 5.97 Å². The summed E-state index contributed by atoms with van der Waals surface area (Å²) in [6, 6.07) is 0.536. The molecule has 0 aromatic rings. The summed E-state index contributed by atoms with van der Waals surface area (Å²) in [5.41, 5.74) is -0.282. The number of rotatable bonds is 7. The molecular weight excluding hydrogens is 264 g/mol. The molecule has 0 aromatic carbocycles. The molecule has 2 fully saturated rings. The van der Waals surface area contributed by atoms with Gasteiger partial charge in [0.15, 0.2) is 0 Å². The Bertz CT molecular complexity index is 369. The minimum Gasteiger partial charge on any atom is -0.480 e. The third kappa shape index (κ3) is 3.78. The fourth-order valence-corrected chi connectivity index (χ4v) is 3.89. The Hall–Kier alpha value is -0.610. The number of aliphatic carboxylic acids is 1. The lowest BCUT2D eigenvalue weighted by molar-refractivity contribution is -0.147. The number of carbonyl (C=O) groups is 1. The van der Waals surface area contributed by atoms with Crippen LogP contribution < -0.4 is 5.32 Å². The zero-order chi connectivity index (χ0) is 15.7. The van der Waals surface area contributed by atoms with Crippen molar-refractivity contribution in [2.75, 3.05) is 20.1 Å². The summed E-state index contributed by atoms with van der Waals surface area (Å²) < 4.78 is 0. The molecule has 0 heterocycles. The molecule has 2 saturated carbocycles. The van der Waals surface area contributed by atoms with Gasteiger partial charge in [-0.25, -0.2) is 0 Å². The standard InChI is InChI=1S/C17H32N2O2/c1-5-18-17(15(20)21,13-6-7-13)12-19(4)14-8-10-16(2,3)11-9-14/h13-14,18H,5-12H2,1-4H3,(H,20,21). The fraction of sp³-hybridized carbons (Fsp3) is 0.941. The van der Waals surface area contributed by atoms with Gasteiger partial charge in [0.1, 0.15) is 5.54 Å². The van der Waals surface area contributed by atoms with Gasteiger partial charge < -0.3 is 15.3 Å². The quantitative estimate of drug-likeness (QED) is 0.758. The molecule has 2 rings (SSSR count). The number of carboxylic acid groups (broad SMARTS) is 1. The summed E-state index contributed by atoms with van der Waals surface area (Å²) >= 11 is 0. The number of nitrogens with zero attached hydrogens (tertiary/aromatic N) is 1. The molecule has 122 valence electrons. The van der Waals surface area contributed by atoms with Crippen LogP contribution in [-0.2, 0) is 4.79 Å². The Labute approximate surface area is 129 Å². The summed E-state index contributed by atoms with van der Waals surface area (Å²) in [7, 11) is 2.11. The van der Waals surface area contributed by atoms with Gasteiger partial charge in [0, 0.05) is 12.6 Å². The van der Waals surface area contributed by atoms with E-state index in [0.29, 0.717) is 30.5 Å². The molecule has 0 aromatic heterocycles. The predicted molar refractivity (Wildman–Crippen MR) is 85.4 cm³/mol. The van der Waals surface area contributed by atoms with Gasteiger partial charge in [0.25, 0.3) is 0 Å². The Morgan fingerprint density at radius 1 is 1.29 bits per heavy atom. The Morgan fingerprint density at radius 2 is 1.86 bits per heavy atom. The van der Waals surface area contributed by atoms with E-state index in [1.165, 1.54) is 25.7 Å². The average Bonchev–Trinajstić information content (AvgIpc) is 3.22. The van der Waals surface area contributed by atoms with Crippen LogP contribution in [0.5, 0.6) is 0 Å². The van der Waals surface area contributed by atoms with E-state index in [4.69, 9.17) is 0 Å². The summed E-state index contributed by atoms with van der Waals surface area (Å²) in [6.45, 7) is 8.03. The Kier molecular flexibility index (Phi) is 4.99.